The van der Waals surface area contributed by atoms with Crippen molar-refractivity contribution in [3.8, 4) is 5.75 Å². The Morgan fingerprint density at radius 2 is 1.61 bits per heavy atom. The van der Waals surface area contributed by atoms with Gasteiger partial charge in [0.25, 0.3) is 15.9 Å². The minimum atomic E-state index is -3.84. The van der Waals surface area contributed by atoms with Crippen LogP contribution >= 0.6 is 23.2 Å². The highest BCUT2D eigenvalue weighted by Gasteiger charge is 2.15. The van der Waals surface area contributed by atoms with Crippen LogP contribution in [0.1, 0.15) is 18.9 Å². The van der Waals surface area contributed by atoms with Crippen LogP contribution in [0.2, 0.25) is 10.0 Å². The van der Waals surface area contributed by atoms with Gasteiger partial charge in [0, 0.05) is 16.1 Å². The normalized spacial score (nSPS) is 12.1. The van der Waals surface area contributed by atoms with E-state index >= 15 is 0 Å². The molecule has 3 aromatic carbocycles. The molecule has 0 fully saturated rings. The molecule has 6 nitrogen and oxygen atoms in total. The first-order chi connectivity index (χ1) is 15.7. The maximum Gasteiger partial charge on any atom is 0.261 e. The smallest absolute Gasteiger partial charge is 0.261 e. The standard InChI is InChI=1S/C24H24Cl2N2O4S/c1-17(7-8-18-5-3-2-4-6-18)27-24(29)16-32-22-9-11-23(12-10-22)33(30,31)28-21-14-19(25)13-20(26)15-21/h2-6,9-15,17,28H,7-8,16H2,1H3,(H,27,29)/t17-/m0/s1. The van der Waals surface area contributed by atoms with Gasteiger partial charge in [-0.1, -0.05) is 53.5 Å². The zero-order valence-corrected chi connectivity index (χ0v) is 20.3. The lowest BCUT2D eigenvalue weighted by atomic mass is 10.1. The summed E-state index contributed by atoms with van der Waals surface area (Å²) in [5.74, 6) is 0.138. The molecule has 174 valence electrons. The molecule has 0 saturated carbocycles. The summed E-state index contributed by atoms with van der Waals surface area (Å²) in [5, 5.41) is 3.53. The third-order valence-electron chi connectivity index (χ3n) is 4.73. The Labute approximate surface area is 203 Å². The van der Waals surface area contributed by atoms with Crippen LogP contribution in [0.3, 0.4) is 0 Å². The first kappa shape index (κ1) is 24.9. The van der Waals surface area contributed by atoms with Crippen molar-refractivity contribution in [1.82, 2.24) is 5.32 Å². The van der Waals surface area contributed by atoms with Crippen molar-refractivity contribution in [2.45, 2.75) is 30.7 Å². The monoisotopic (exact) mass is 506 g/mol. The lowest BCUT2D eigenvalue weighted by Crippen LogP contribution is -2.36. The van der Waals surface area contributed by atoms with E-state index in [0.717, 1.165) is 12.8 Å². The Bertz CT molecular complexity index is 1170. The highest BCUT2D eigenvalue weighted by Crippen LogP contribution is 2.25. The lowest BCUT2D eigenvalue weighted by Gasteiger charge is -2.14. The van der Waals surface area contributed by atoms with Crippen molar-refractivity contribution in [2.75, 3.05) is 11.3 Å². The van der Waals surface area contributed by atoms with E-state index in [2.05, 4.69) is 22.2 Å². The van der Waals surface area contributed by atoms with Gasteiger partial charge in [0.15, 0.2) is 6.61 Å². The molecule has 0 heterocycles. The van der Waals surface area contributed by atoms with Gasteiger partial charge in [-0.15, -0.1) is 0 Å². The number of nitrogens with one attached hydrogen (secondary N) is 2. The van der Waals surface area contributed by atoms with Crippen molar-refractivity contribution < 1.29 is 17.9 Å². The number of carbonyl (C=O) groups excluding carboxylic acids is 1. The van der Waals surface area contributed by atoms with E-state index < -0.39 is 10.0 Å². The number of halogens is 2. The third-order valence-corrected chi connectivity index (χ3v) is 6.57. The Balaban J connectivity index is 1.49. The van der Waals surface area contributed by atoms with Gasteiger partial charge < -0.3 is 10.1 Å². The van der Waals surface area contributed by atoms with Crippen LogP contribution in [0.4, 0.5) is 5.69 Å². The maximum absolute atomic E-state index is 12.6. The molecule has 0 aromatic heterocycles. The number of benzene rings is 3. The van der Waals surface area contributed by atoms with Gasteiger partial charge in [-0.25, -0.2) is 8.42 Å². The van der Waals surface area contributed by atoms with Crippen molar-refractivity contribution in [3.63, 3.8) is 0 Å². The number of carbonyl (C=O) groups is 1. The Morgan fingerprint density at radius 3 is 2.24 bits per heavy atom. The third kappa shape index (κ3) is 7.96. The fourth-order valence-corrected chi connectivity index (χ4v) is 4.67. The van der Waals surface area contributed by atoms with E-state index in [4.69, 9.17) is 27.9 Å². The summed E-state index contributed by atoms with van der Waals surface area (Å²) in [6, 6.07) is 20.3. The second-order valence-corrected chi connectivity index (χ2v) is 10.1. The van der Waals surface area contributed by atoms with Gasteiger partial charge in [-0.05, 0) is 67.8 Å². The Kier molecular flexibility index (Phi) is 8.61. The quantitative estimate of drug-likeness (QED) is 0.390. The van der Waals surface area contributed by atoms with Gasteiger partial charge in [-0.2, -0.15) is 0 Å². The number of hydrogen-bond donors (Lipinski definition) is 2. The van der Waals surface area contributed by atoms with E-state index in [1.165, 1.54) is 48.0 Å². The number of rotatable bonds is 10. The number of aryl methyl sites for hydroxylation is 1. The molecule has 0 aliphatic rings. The molecule has 1 amide bonds. The van der Waals surface area contributed by atoms with Crippen LogP contribution in [0.25, 0.3) is 0 Å². The first-order valence-corrected chi connectivity index (χ1v) is 12.5. The highest BCUT2D eigenvalue weighted by molar-refractivity contribution is 7.92. The summed E-state index contributed by atoms with van der Waals surface area (Å²) in [4.78, 5) is 12.2. The molecule has 0 saturated heterocycles. The molecule has 9 heteroatoms. The van der Waals surface area contributed by atoms with E-state index in [1.807, 2.05) is 25.1 Å². The molecule has 0 spiro atoms. The summed E-state index contributed by atoms with van der Waals surface area (Å²) in [7, 11) is -3.84. The number of anilines is 1. The molecule has 3 aromatic rings. The van der Waals surface area contributed by atoms with Crippen molar-refractivity contribution in [1.29, 1.82) is 0 Å². The molecule has 0 aliphatic heterocycles. The average molecular weight is 507 g/mol. The van der Waals surface area contributed by atoms with Crippen LogP contribution in [0, 0.1) is 0 Å². The molecule has 0 bridgehead atoms. The van der Waals surface area contributed by atoms with Crippen LogP contribution < -0.4 is 14.8 Å². The number of hydrogen-bond acceptors (Lipinski definition) is 4. The molecule has 1 atom stereocenters. The summed E-state index contributed by atoms with van der Waals surface area (Å²) in [6.45, 7) is 1.78. The van der Waals surface area contributed by atoms with Gasteiger partial charge >= 0.3 is 0 Å². The number of ether oxygens (including phenoxy) is 1. The fraction of sp³-hybridized carbons (Fsp3) is 0.208. The van der Waals surface area contributed by atoms with Crippen molar-refractivity contribution in [3.05, 3.63) is 88.4 Å². The Hall–Kier alpha value is -2.74. The summed E-state index contributed by atoms with van der Waals surface area (Å²) >= 11 is 11.8. The molecule has 3 rings (SSSR count). The lowest BCUT2D eigenvalue weighted by molar-refractivity contribution is -0.123. The van der Waals surface area contributed by atoms with Crippen molar-refractivity contribution in [2.24, 2.45) is 0 Å². The second kappa shape index (κ2) is 11.4. The molecule has 0 radical (unpaired) electrons. The van der Waals surface area contributed by atoms with Gasteiger partial charge in [0.1, 0.15) is 5.75 Å². The second-order valence-electron chi connectivity index (χ2n) is 7.52. The summed E-state index contributed by atoms with van der Waals surface area (Å²) < 4.78 is 33.1. The van der Waals surface area contributed by atoms with E-state index in [1.54, 1.807) is 0 Å². The number of sulfonamides is 1. The zero-order valence-electron chi connectivity index (χ0n) is 17.9. The van der Waals surface area contributed by atoms with E-state index in [-0.39, 0.29) is 29.1 Å². The van der Waals surface area contributed by atoms with E-state index in [0.29, 0.717) is 15.8 Å². The SMILES string of the molecule is C[C@@H](CCc1ccccc1)NC(=O)COc1ccc(S(=O)(=O)Nc2cc(Cl)cc(Cl)c2)cc1. The molecule has 0 aliphatic carbocycles. The van der Waals surface area contributed by atoms with Gasteiger partial charge in [0.05, 0.1) is 10.6 Å². The molecule has 2 N–H and O–H groups in total. The highest BCUT2D eigenvalue weighted by atomic mass is 35.5. The molecule has 33 heavy (non-hydrogen) atoms. The van der Waals surface area contributed by atoms with Crippen LogP contribution in [-0.4, -0.2) is 27.0 Å². The Morgan fingerprint density at radius 1 is 0.970 bits per heavy atom. The zero-order chi connectivity index (χ0) is 23.8. The van der Waals surface area contributed by atoms with Gasteiger partial charge in [-0.3, -0.25) is 9.52 Å². The van der Waals surface area contributed by atoms with E-state index in [9.17, 15) is 13.2 Å². The maximum atomic E-state index is 12.6. The topological polar surface area (TPSA) is 84.5 Å². The molecular weight excluding hydrogens is 483 g/mol. The van der Waals surface area contributed by atoms with Gasteiger partial charge in [0.2, 0.25) is 0 Å². The average Bonchev–Trinajstić information content (AvgIpc) is 2.76. The summed E-state index contributed by atoms with van der Waals surface area (Å²) in [6.07, 6.45) is 1.68. The minimum absolute atomic E-state index is 0.0000992. The number of amides is 1. The van der Waals surface area contributed by atoms with Crippen LogP contribution in [-0.2, 0) is 21.2 Å². The van der Waals surface area contributed by atoms with Crippen LogP contribution in [0.15, 0.2) is 77.7 Å². The predicted octanol–water partition coefficient (Wildman–Crippen LogP) is 5.31. The fourth-order valence-electron chi connectivity index (χ4n) is 3.11. The van der Waals surface area contributed by atoms with Crippen molar-refractivity contribution >= 4 is 44.8 Å². The molecular formula is C24H24Cl2N2O4S. The van der Waals surface area contributed by atoms with Crippen LogP contribution in [0.5, 0.6) is 5.75 Å². The summed E-state index contributed by atoms with van der Waals surface area (Å²) in [5.41, 5.74) is 1.48. The first-order valence-electron chi connectivity index (χ1n) is 10.3. The molecule has 0 unspecified atom stereocenters. The minimum Gasteiger partial charge on any atom is -0.484 e. The predicted molar refractivity (Wildman–Crippen MR) is 132 cm³/mol. The largest absolute Gasteiger partial charge is 0.484 e.